The molecule has 8 nitrogen and oxygen atoms in total. The van der Waals surface area contributed by atoms with Gasteiger partial charge in [0.1, 0.15) is 5.82 Å². The summed E-state index contributed by atoms with van der Waals surface area (Å²) in [7, 11) is 3.82. The molecular weight excluding hydrogens is 312 g/mol. The Balaban J connectivity index is 2.13. The smallest absolute Gasteiger partial charge is 0.335 e. The molecule has 0 spiro atoms. The lowest BCUT2D eigenvalue weighted by Crippen LogP contribution is -2.22. The van der Waals surface area contributed by atoms with Crippen molar-refractivity contribution < 1.29 is 19.5 Å². The summed E-state index contributed by atoms with van der Waals surface area (Å²) < 4.78 is 0. The quantitative estimate of drug-likeness (QED) is 0.703. The van der Waals surface area contributed by atoms with E-state index in [4.69, 9.17) is 5.11 Å². The number of fused-ring (bicyclic) bond motifs is 3. The maximum Gasteiger partial charge on any atom is 0.335 e. The van der Waals surface area contributed by atoms with Crippen LogP contribution in [0, 0.1) is 0 Å². The maximum absolute atomic E-state index is 12.1. The van der Waals surface area contributed by atoms with Crippen molar-refractivity contribution in [2.24, 2.45) is 0 Å². The molecule has 0 aliphatic carbocycles. The van der Waals surface area contributed by atoms with E-state index >= 15 is 0 Å². The molecule has 1 amide bonds. The van der Waals surface area contributed by atoms with E-state index in [1.807, 2.05) is 19.0 Å². The average Bonchev–Trinajstić information content (AvgIpc) is 2.82. The van der Waals surface area contributed by atoms with Crippen molar-refractivity contribution in [2.75, 3.05) is 37.8 Å². The van der Waals surface area contributed by atoms with E-state index in [1.165, 1.54) is 12.1 Å². The Morgan fingerprint density at radius 3 is 2.75 bits per heavy atom. The monoisotopic (exact) mass is 328 g/mol. The summed E-state index contributed by atoms with van der Waals surface area (Å²) in [5.41, 5.74) is 1.06. The number of aromatic carboxylic acids is 1. The average molecular weight is 328 g/mol. The van der Waals surface area contributed by atoms with E-state index in [-0.39, 0.29) is 16.9 Å². The molecule has 3 rings (SSSR count). The molecule has 0 unspecified atom stereocenters. The van der Waals surface area contributed by atoms with Crippen LogP contribution in [0.4, 0.5) is 11.5 Å². The van der Waals surface area contributed by atoms with E-state index in [0.29, 0.717) is 29.7 Å². The van der Waals surface area contributed by atoms with Crippen LogP contribution in [0.5, 0.6) is 0 Å². The molecule has 1 aromatic carbocycles. The highest BCUT2D eigenvalue weighted by Crippen LogP contribution is 2.35. The van der Waals surface area contributed by atoms with Crippen LogP contribution in [0.15, 0.2) is 18.2 Å². The molecule has 2 aromatic rings. The molecule has 0 bridgehead atoms. The van der Waals surface area contributed by atoms with Crippen LogP contribution >= 0.6 is 0 Å². The summed E-state index contributed by atoms with van der Waals surface area (Å²) in [5.74, 6) is -2.14. The van der Waals surface area contributed by atoms with Crippen molar-refractivity contribution in [1.29, 1.82) is 0 Å². The highest BCUT2D eigenvalue weighted by Gasteiger charge is 2.33. The lowest BCUT2D eigenvalue weighted by atomic mass is 10.1. The number of carboxylic acid groups (broad SMARTS) is 1. The van der Waals surface area contributed by atoms with E-state index < -0.39 is 17.7 Å². The van der Waals surface area contributed by atoms with Crippen molar-refractivity contribution in [1.82, 2.24) is 9.88 Å². The fourth-order valence-electron chi connectivity index (χ4n) is 2.56. The zero-order valence-corrected chi connectivity index (χ0v) is 13.2. The van der Waals surface area contributed by atoms with Gasteiger partial charge in [-0.2, -0.15) is 0 Å². The number of hydrogen-bond acceptors (Lipinski definition) is 6. The molecule has 0 saturated carbocycles. The molecule has 0 radical (unpaired) electrons. The van der Waals surface area contributed by atoms with Crippen LogP contribution in [0.1, 0.15) is 20.7 Å². The first-order valence-electron chi connectivity index (χ1n) is 7.34. The number of carboxylic acids is 1. The molecule has 2 heterocycles. The third-order valence-electron chi connectivity index (χ3n) is 3.76. The number of pyridine rings is 1. The second-order valence-corrected chi connectivity index (χ2v) is 5.76. The zero-order chi connectivity index (χ0) is 17.4. The number of benzene rings is 1. The van der Waals surface area contributed by atoms with Gasteiger partial charge in [0.2, 0.25) is 0 Å². The Morgan fingerprint density at radius 2 is 2.08 bits per heavy atom. The second kappa shape index (κ2) is 5.89. The summed E-state index contributed by atoms with van der Waals surface area (Å²) in [6.45, 7) is 1.23. The van der Waals surface area contributed by atoms with Crippen LogP contribution in [-0.4, -0.2) is 59.8 Å². The van der Waals surface area contributed by atoms with Gasteiger partial charge in [-0.1, -0.05) is 0 Å². The number of amides is 1. The minimum Gasteiger partial charge on any atom is -0.478 e. The number of ketones is 1. The van der Waals surface area contributed by atoms with Gasteiger partial charge < -0.3 is 20.6 Å². The van der Waals surface area contributed by atoms with Gasteiger partial charge in [-0.15, -0.1) is 0 Å². The molecule has 0 saturated heterocycles. The number of anilines is 2. The number of rotatable bonds is 5. The first-order valence-corrected chi connectivity index (χ1v) is 7.34. The molecule has 1 aromatic heterocycles. The van der Waals surface area contributed by atoms with Crippen molar-refractivity contribution in [2.45, 2.75) is 0 Å². The van der Waals surface area contributed by atoms with Gasteiger partial charge >= 0.3 is 5.97 Å². The van der Waals surface area contributed by atoms with Crippen LogP contribution in [0.25, 0.3) is 10.9 Å². The van der Waals surface area contributed by atoms with Gasteiger partial charge in [0.05, 0.1) is 22.3 Å². The van der Waals surface area contributed by atoms with Gasteiger partial charge in [-0.05, 0) is 32.3 Å². The molecule has 1 aliphatic rings. The standard InChI is InChI=1S/C16H16N4O4/c1-20(2)6-5-17-14-11-12(19-15(22)13(11)21)9-4-3-8(16(23)24)7-10(9)18-14/h3-4,7H,5-6H2,1-2H3,(H,17,18)(H,23,24)(H,19,21,22). The maximum atomic E-state index is 12.1. The molecule has 8 heteroatoms. The predicted molar refractivity (Wildman–Crippen MR) is 88.7 cm³/mol. The normalized spacial score (nSPS) is 13.3. The first kappa shape index (κ1) is 15.9. The van der Waals surface area contributed by atoms with E-state index in [1.54, 1.807) is 6.07 Å². The third kappa shape index (κ3) is 2.67. The van der Waals surface area contributed by atoms with E-state index in [9.17, 15) is 14.4 Å². The lowest BCUT2D eigenvalue weighted by Gasteiger charge is -2.14. The minimum atomic E-state index is -1.07. The minimum absolute atomic E-state index is 0.0878. The summed E-state index contributed by atoms with van der Waals surface area (Å²) in [6.07, 6.45) is 0. The van der Waals surface area contributed by atoms with Gasteiger partial charge in [-0.25, -0.2) is 9.78 Å². The number of aromatic nitrogens is 1. The van der Waals surface area contributed by atoms with E-state index in [0.717, 1.165) is 0 Å². The fraction of sp³-hybridized carbons (Fsp3) is 0.250. The van der Waals surface area contributed by atoms with Crippen LogP contribution in [0.3, 0.4) is 0 Å². The van der Waals surface area contributed by atoms with Gasteiger partial charge in [0, 0.05) is 18.5 Å². The Bertz CT molecular complexity index is 876. The van der Waals surface area contributed by atoms with Crippen LogP contribution < -0.4 is 10.6 Å². The topological polar surface area (TPSA) is 112 Å². The number of carbonyl (C=O) groups is 3. The molecule has 124 valence electrons. The first-order chi connectivity index (χ1) is 11.4. The van der Waals surface area contributed by atoms with Crippen molar-refractivity contribution >= 4 is 40.1 Å². The van der Waals surface area contributed by atoms with Crippen LogP contribution in [-0.2, 0) is 4.79 Å². The SMILES string of the molecule is CN(C)CCNc1nc2cc(C(=O)O)ccc2c2c1C(=O)C(=O)N2. The van der Waals surface area contributed by atoms with Gasteiger partial charge in [0.15, 0.2) is 0 Å². The molecule has 3 N–H and O–H groups in total. The summed E-state index contributed by atoms with van der Waals surface area (Å²) in [4.78, 5) is 41.4. The van der Waals surface area contributed by atoms with Gasteiger partial charge in [0.25, 0.3) is 11.7 Å². The molecular formula is C16H16N4O4. The molecule has 0 atom stereocenters. The van der Waals surface area contributed by atoms with Crippen molar-refractivity contribution in [3.05, 3.63) is 29.3 Å². The van der Waals surface area contributed by atoms with Crippen molar-refractivity contribution in [3.8, 4) is 0 Å². The molecule has 24 heavy (non-hydrogen) atoms. The highest BCUT2D eigenvalue weighted by molar-refractivity contribution is 6.54. The number of likely N-dealkylation sites (N-methyl/N-ethyl adjacent to an activating group) is 1. The largest absolute Gasteiger partial charge is 0.478 e. The second-order valence-electron chi connectivity index (χ2n) is 5.76. The Morgan fingerprint density at radius 1 is 1.33 bits per heavy atom. The number of carbonyl (C=O) groups excluding carboxylic acids is 2. The highest BCUT2D eigenvalue weighted by atomic mass is 16.4. The number of nitrogens with one attached hydrogen (secondary N) is 2. The Hall–Kier alpha value is -3.00. The summed E-state index contributed by atoms with van der Waals surface area (Å²) in [5, 5.41) is 15.3. The third-order valence-corrected chi connectivity index (χ3v) is 3.76. The fourth-order valence-corrected chi connectivity index (χ4v) is 2.56. The molecule has 1 aliphatic heterocycles. The summed E-state index contributed by atoms with van der Waals surface area (Å²) >= 11 is 0. The molecule has 0 fully saturated rings. The Labute approximate surface area is 137 Å². The van der Waals surface area contributed by atoms with Crippen LogP contribution in [0.2, 0.25) is 0 Å². The zero-order valence-electron chi connectivity index (χ0n) is 13.2. The summed E-state index contributed by atoms with van der Waals surface area (Å²) in [6, 6.07) is 4.39. The van der Waals surface area contributed by atoms with Gasteiger partial charge in [-0.3, -0.25) is 9.59 Å². The number of hydrogen-bond donors (Lipinski definition) is 3. The lowest BCUT2D eigenvalue weighted by molar-refractivity contribution is -0.112. The Kier molecular flexibility index (Phi) is 3.90. The predicted octanol–water partition coefficient (Wildman–Crippen LogP) is 1.04. The number of nitrogens with zero attached hydrogens (tertiary/aromatic N) is 2. The number of Topliss-reactive ketones (excluding diaryl/α,β-unsaturated/α-hetero) is 1. The van der Waals surface area contributed by atoms with E-state index in [2.05, 4.69) is 15.6 Å². The van der Waals surface area contributed by atoms with Crippen molar-refractivity contribution in [3.63, 3.8) is 0 Å².